The molecule has 0 aliphatic carbocycles. The van der Waals surface area contributed by atoms with Crippen LogP contribution in [0.1, 0.15) is 0 Å². The molecule has 0 radical (unpaired) electrons. The van der Waals surface area contributed by atoms with Crippen LogP contribution in [0.25, 0.3) is 0 Å². The summed E-state index contributed by atoms with van der Waals surface area (Å²) >= 11 is 1.79. The molecule has 1 rings (SSSR count). The van der Waals surface area contributed by atoms with E-state index in [4.69, 9.17) is 0 Å². The molecule has 0 nitrogen and oxygen atoms in total. The largest absolute Gasteiger partial charge is 0.137 e. The molecule has 0 saturated carbocycles. The van der Waals surface area contributed by atoms with Crippen molar-refractivity contribution in [3.8, 4) is 0 Å². The summed E-state index contributed by atoms with van der Waals surface area (Å²) in [6, 6.07) is 4.21. The zero-order valence-electron chi connectivity index (χ0n) is 4.87. The summed E-state index contributed by atoms with van der Waals surface area (Å²) in [5.41, 5.74) is 0. The van der Waals surface area contributed by atoms with E-state index in [9.17, 15) is 0 Å². The maximum absolute atomic E-state index is 2.14. The van der Waals surface area contributed by atoms with Gasteiger partial charge >= 0.3 is 0 Å². The molecule has 0 spiro atoms. The van der Waals surface area contributed by atoms with Gasteiger partial charge in [-0.15, -0.1) is 11.3 Å². The first-order valence-corrected chi connectivity index (χ1v) is 7.11. The van der Waals surface area contributed by atoms with Gasteiger partial charge in [0.15, 0.2) is 0 Å². The third kappa shape index (κ3) is 2.89. The van der Waals surface area contributed by atoms with Gasteiger partial charge in [0.25, 0.3) is 0 Å². The van der Waals surface area contributed by atoms with Gasteiger partial charge < -0.3 is 0 Å². The first kappa shape index (κ1) is 7.85. The fourth-order valence-electron chi connectivity index (χ4n) is 0.378. The molecule has 0 atom stereocenters. The quantitative estimate of drug-likeness (QED) is 0.672. The first-order valence-electron chi connectivity index (χ1n) is 2.34. The van der Waals surface area contributed by atoms with E-state index < -0.39 is 0 Å². The standard InChI is InChI=1S/C5H6S4/c1-6-9-8-5-3-2-4-7-5/h2-4H,1H3. The van der Waals surface area contributed by atoms with Crippen LogP contribution >= 0.6 is 42.8 Å². The van der Waals surface area contributed by atoms with Crippen molar-refractivity contribution in [1.82, 2.24) is 0 Å². The van der Waals surface area contributed by atoms with Gasteiger partial charge in [-0.05, 0) is 38.3 Å². The molecular weight excluding hydrogens is 188 g/mol. The van der Waals surface area contributed by atoms with Crippen molar-refractivity contribution in [2.75, 3.05) is 6.26 Å². The molecule has 1 heterocycles. The summed E-state index contributed by atoms with van der Waals surface area (Å²) < 4.78 is 1.38. The molecule has 0 amide bonds. The van der Waals surface area contributed by atoms with Crippen LogP contribution in [-0.2, 0) is 0 Å². The van der Waals surface area contributed by atoms with Crippen molar-refractivity contribution in [2.24, 2.45) is 0 Å². The van der Waals surface area contributed by atoms with Crippen molar-refractivity contribution >= 4 is 42.8 Å². The Morgan fingerprint density at radius 3 is 3.00 bits per heavy atom. The van der Waals surface area contributed by atoms with E-state index in [2.05, 4.69) is 23.8 Å². The van der Waals surface area contributed by atoms with Gasteiger partial charge in [0.05, 0.1) is 4.21 Å². The lowest BCUT2D eigenvalue weighted by atomic mass is 10.7. The third-order valence-electron chi connectivity index (χ3n) is 0.679. The lowest BCUT2D eigenvalue weighted by Gasteiger charge is -1.88. The highest BCUT2D eigenvalue weighted by Gasteiger charge is 1.91. The van der Waals surface area contributed by atoms with Crippen LogP contribution in [0.15, 0.2) is 21.7 Å². The van der Waals surface area contributed by atoms with Crippen LogP contribution in [-0.4, -0.2) is 6.26 Å². The van der Waals surface area contributed by atoms with E-state index >= 15 is 0 Å². The SMILES string of the molecule is CSSSc1cccs1. The van der Waals surface area contributed by atoms with E-state index in [-0.39, 0.29) is 0 Å². The van der Waals surface area contributed by atoms with Crippen LogP contribution in [0.4, 0.5) is 0 Å². The van der Waals surface area contributed by atoms with Crippen LogP contribution in [0, 0.1) is 0 Å². The highest BCUT2D eigenvalue weighted by molar-refractivity contribution is 9.09. The van der Waals surface area contributed by atoms with E-state index in [1.54, 1.807) is 22.1 Å². The molecule has 0 N–H and O–H groups in total. The van der Waals surface area contributed by atoms with Crippen LogP contribution in [0.2, 0.25) is 0 Å². The number of thiophene rings is 1. The van der Waals surface area contributed by atoms with Crippen molar-refractivity contribution < 1.29 is 0 Å². The molecule has 1 aromatic rings. The van der Waals surface area contributed by atoms with Crippen LogP contribution < -0.4 is 0 Å². The van der Waals surface area contributed by atoms with Gasteiger partial charge in [-0.1, -0.05) is 16.9 Å². The average molecular weight is 194 g/mol. The van der Waals surface area contributed by atoms with Gasteiger partial charge in [-0.2, -0.15) is 0 Å². The molecule has 4 heteroatoms. The lowest BCUT2D eigenvalue weighted by Crippen LogP contribution is -1.44. The molecule has 0 aliphatic heterocycles. The van der Waals surface area contributed by atoms with Gasteiger partial charge in [0, 0.05) is 0 Å². The summed E-state index contributed by atoms with van der Waals surface area (Å²) in [5.74, 6) is 0. The van der Waals surface area contributed by atoms with Gasteiger partial charge in [-0.25, -0.2) is 0 Å². The highest BCUT2D eigenvalue weighted by atomic mass is 33.5. The summed E-state index contributed by atoms with van der Waals surface area (Å²) in [4.78, 5) is 0. The number of rotatable bonds is 3. The molecule has 1 aromatic heterocycles. The second kappa shape index (κ2) is 4.55. The predicted molar refractivity (Wildman–Crippen MR) is 51.3 cm³/mol. The number of hydrogen-bond acceptors (Lipinski definition) is 4. The smallest absolute Gasteiger partial charge is 0.0714 e. The van der Waals surface area contributed by atoms with Crippen molar-refractivity contribution in [1.29, 1.82) is 0 Å². The Labute approximate surface area is 70.6 Å². The Balaban J connectivity index is 2.30. The maximum Gasteiger partial charge on any atom is 0.0714 e. The normalized spacial score (nSPS) is 9.89. The Kier molecular flexibility index (Phi) is 3.97. The second-order valence-electron chi connectivity index (χ2n) is 1.25. The summed E-state index contributed by atoms with van der Waals surface area (Å²) in [7, 11) is 5.42. The van der Waals surface area contributed by atoms with Gasteiger partial charge in [0.1, 0.15) is 0 Å². The zero-order chi connectivity index (χ0) is 6.53. The predicted octanol–water partition coefficient (Wildman–Crippen LogP) is 3.77. The van der Waals surface area contributed by atoms with Crippen LogP contribution in [0.3, 0.4) is 0 Å². The molecule has 0 bridgehead atoms. The van der Waals surface area contributed by atoms with E-state index in [0.717, 1.165) is 0 Å². The zero-order valence-corrected chi connectivity index (χ0v) is 8.13. The summed E-state index contributed by atoms with van der Waals surface area (Å²) in [5, 5.41) is 2.10. The first-order chi connectivity index (χ1) is 4.43. The fraction of sp³-hybridized carbons (Fsp3) is 0.200. The van der Waals surface area contributed by atoms with E-state index in [1.165, 1.54) is 4.21 Å². The minimum absolute atomic E-state index is 1.38. The molecule has 0 unspecified atom stereocenters. The Morgan fingerprint density at radius 1 is 1.56 bits per heavy atom. The fourth-order valence-corrected chi connectivity index (χ4v) is 4.31. The third-order valence-corrected chi connectivity index (χ3v) is 5.69. The Bertz CT molecular complexity index is 146. The topological polar surface area (TPSA) is 0 Å². The molecule has 0 aromatic carbocycles. The summed E-state index contributed by atoms with van der Waals surface area (Å²) in [6.07, 6.45) is 2.09. The minimum Gasteiger partial charge on any atom is -0.137 e. The average Bonchev–Trinajstić information content (AvgIpc) is 2.34. The Hall–Kier alpha value is 0.750. The Morgan fingerprint density at radius 2 is 2.44 bits per heavy atom. The van der Waals surface area contributed by atoms with Crippen molar-refractivity contribution in [3.05, 3.63) is 17.5 Å². The van der Waals surface area contributed by atoms with Crippen molar-refractivity contribution in [3.63, 3.8) is 0 Å². The summed E-state index contributed by atoms with van der Waals surface area (Å²) in [6.45, 7) is 0. The molecular formula is C5H6S4. The molecule has 0 saturated heterocycles. The van der Waals surface area contributed by atoms with Crippen molar-refractivity contribution in [2.45, 2.75) is 4.21 Å². The highest BCUT2D eigenvalue weighted by Crippen LogP contribution is 2.40. The molecule has 50 valence electrons. The molecule has 0 fully saturated rings. The molecule has 0 aliphatic rings. The second-order valence-corrected chi connectivity index (χ2v) is 6.67. The van der Waals surface area contributed by atoms with Gasteiger partial charge in [0.2, 0.25) is 0 Å². The monoisotopic (exact) mass is 194 g/mol. The van der Waals surface area contributed by atoms with Gasteiger partial charge in [-0.3, -0.25) is 0 Å². The molecule has 9 heavy (non-hydrogen) atoms. The van der Waals surface area contributed by atoms with E-state index in [0.29, 0.717) is 0 Å². The lowest BCUT2D eigenvalue weighted by molar-refractivity contribution is 1.76. The van der Waals surface area contributed by atoms with E-state index in [1.807, 2.05) is 20.6 Å². The number of hydrogen-bond donors (Lipinski definition) is 0. The maximum atomic E-state index is 2.14. The minimum atomic E-state index is 1.38. The van der Waals surface area contributed by atoms with Crippen LogP contribution in [0.5, 0.6) is 0 Å².